The first-order valence-electron chi connectivity index (χ1n) is 11.8. The van der Waals surface area contributed by atoms with E-state index in [0.29, 0.717) is 17.0 Å². The number of hydrogen-bond donors (Lipinski definition) is 2. The van der Waals surface area contributed by atoms with Crippen molar-refractivity contribution in [2.75, 3.05) is 5.32 Å². The van der Waals surface area contributed by atoms with Gasteiger partial charge in [0.1, 0.15) is 5.75 Å². The Morgan fingerprint density at radius 1 is 1.21 bits per heavy atom. The Morgan fingerprint density at radius 3 is 2.52 bits per heavy atom. The van der Waals surface area contributed by atoms with Gasteiger partial charge in [0.25, 0.3) is 0 Å². The molecule has 0 unspecified atom stereocenters. The molecular weight excluding hydrogens is 414 g/mol. The van der Waals surface area contributed by atoms with Gasteiger partial charge in [-0.15, -0.1) is 0 Å². The zero-order chi connectivity index (χ0) is 23.9. The monoisotopic (exact) mass is 449 g/mol. The second kappa shape index (κ2) is 8.73. The summed E-state index contributed by atoms with van der Waals surface area (Å²) in [5, 5.41) is 13.1. The number of aryl methyl sites for hydroxylation is 1. The number of imidazole rings is 1. The van der Waals surface area contributed by atoms with Crippen LogP contribution in [0.3, 0.4) is 0 Å². The van der Waals surface area contributed by atoms with Crippen molar-refractivity contribution in [3.05, 3.63) is 47.5 Å². The zero-order valence-corrected chi connectivity index (χ0v) is 20.5. The van der Waals surface area contributed by atoms with Crippen molar-refractivity contribution in [2.24, 2.45) is 11.3 Å². The number of benzene rings is 2. The summed E-state index contributed by atoms with van der Waals surface area (Å²) in [6.45, 7) is 12.9. The number of carboxylic acids is 1. The lowest BCUT2D eigenvalue weighted by atomic mass is 9.70. The molecule has 1 heterocycles. The van der Waals surface area contributed by atoms with E-state index in [1.165, 1.54) is 6.42 Å². The summed E-state index contributed by atoms with van der Waals surface area (Å²) in [5.74, 6) is 1.26. The van der Waals surface area contributed by atoms with E-state index in [1.807, 2.05) is 51.1 Å². The lowest BCUT2D eigenvalue weighted by Gasteiger charge is -2.40. The van der Waals surface area contributed by atoms with Crippen molar-refractivity contribution >= 4 is 28.6 Å². The van der Waals surface area contributed by atoms with E-state index < -0.39 is 5.97 Å². The number of aromatic nitrogens is 2. The fourth-order valence-electron chi connectivity index (χ4n) is 5.44. The number of hydrogen-bond acceptors (Lipinski definition) is 4. The fraction of sp³-hybridized carbons (Fsp3) is 0.481. The Balaban J connectivity index is 1.78. The topological polar surface area (TPSA) is 76.4 Å². The molecule has 176 valence electrons. The van der Waals surface area contributed by atoms with Crippen LogP contribution in [0.1, 0.15) is 75.8 Å². The van der Waals surface area contributed by atoms with E-state index in [1.54, 1.807) is 6.07 Å². The van der Waals surface area contributed by atoms with Crippen LogP contribution in [-0.4, -0.2) is 26.7 Å². The highest BCUT2D eigenvalue weighted by Crippen LogP contribution is 2.46. The third-order valence-corrected chi connectivity index (χ3v) is 6.48. The second-order valence-corrected chi connectivity index (χ2v) is 10.6. The number of carboxylic acid groups (broad SMARTS) is 1. The smallest absolute Gasteiger partial charge is 0.336 e. The first-order chi connectivity index (χ1) is 15.5. The highest BCUT2D eigenvalue weighted by atomic mass is 16.5. The minimum Gasteiger partial charge on any atom is -0.491 e. The number of carbonyl (C=O) groups is 1. The van der Waals surface area contributed by atoms with Gasteiger partial charge in [-0.2, -0.15) is 0 Å². The molecule has 33 heavy (non-hydrogen) atoms. The molecule has 1 saturated carbocycles. The van der Waals surface area contributed by atoms with Crippen LogP contribution >= 0.6 is 0 Å². The Morgan fingerprint density at radius 2 is 1.91 bits per heavy atom. The second-order valence-electron chi connectivity index (χ2n) is 10.6. The quantitative estimate of drug-likeness (QED) is 0.425. The van der Waals surface area contributed by atoms with Crippen LogP contribution in [0.5, 0.6) is 5.75 Å². The normalized spacial score (nSPS) is 20.2. The lowest BCUT2D eigenvalue weighted by molar-refractivity contribution is 0.0696. The maximum atomic E-state index is 11.7. The molecule has 6 nitrogen and oxygen atoms in total. The van der Waals surface area contributed by atoms with Crippen molar-refractivity contribution in [3.8, 4) is 5.75 Å². The molecule has 3 aromatic rings. The molecule has 1 fully saturated rings. The maximum absolute atomic E-state index is 11.7. The molecule has 1 aromatic heterocycles. The van der Waals surface area contributed by atoms with E-state index in [0.717, 1.165) is 41.3 Å². The van der Waals surface area contributed by atoms with Gasteiger partial charge in [0.15, 0.2) is 0 Å². The number of nitrogens with one attached hydrogen (secondary N) is 1. The highest BCUT2D eigenvalue weighted by Gasteiger charge is 2.35. The zero-order valence-electron chi connectivity index (χ0n) is 20.5. The summed E-state index contributed by atoms with van der Waals surface area (Å²) in [6.07, 6.45) is 3.46. The first-order valence-corrected chi connectivity index (χ1v) is 11.8. The number of fused-ring (bicyclic) bond motifs is 1. The van der Waals surface area contributed by atoms with Gasteiger partial charge < -0.3 is 19.7 Å². The third kappa shape index (κ3) is 5.00. The summed E-state index contributed by atoms with van der Waals surface area (Å²) in [5.41, 5.74) is 3.89. The first kappa shape index (κ1) is 23.1. The number of aromatic carboxylic acids is 1. The predicted molar refractivity (Wildman–Crippen MR) is 133 cm³/mol. The van der Waals surface area contributed by atoms with Gasteiger partial charge in [0.2, 0.25) is 5.95 Å². The van der Waals surface area contributed by atoms with Crippen LogP contribution in [-0.2, 0) is 0 Å². The number of anilines is 2. The minimum absolute atomic E-state index is 0.122. The van der Waals surface area contributed by atoms with Crippen molar-refractivity contribution in [2.45, 2.75) is 73.0 Å². The third-order valence-electron chi connectivity index (χ3n) is 6.48. The van der Waals surface area contributed by atoms with Crippen LogP contribution in [0.15, 0.2) is 36.4 Å². The van der Waals surface area contributed by atoms with Gasteiger partial charge >= 0.3 is 5.97 Å². The molecule has 0 aliphatic heterocycles. The molecule has 0 bridgehead atoms. The summed E-state index contributed by atoms with van der Waals surface area (Å²) < 4.78 is 8.06. The molecule has 0 amide bonds. The van der Waals surface area contributed by atoms with Crippen LogP contribution in [0.4, 0.5) is 11.6 Å². The largest absolute Gasteiger partial charge is 0.491 e. The molecule has 4 rings (SSSR count). The number of ether oxygens (including phenoxy) is 1. The van der Waals surface area contributed by atoms with Gasteiger partial charge in [-0.1, -0.05) is 20.8 Å². The summed E-state index contributed by atoms with van der Waals surface area (Å²) in [4.78, 5) is 16.6. The molecule has 2 atom stereocenters. The number of rotatable bonds is 6. The molecule has 2 aromatic carbocycles. The maximum Gasteiger partial charge on any atom is 0.336 e. The minimum atomic E-state index is -0.924. The summed E-state index contributed by atoms with van der Waals surface area (Å²) in [6, 6.07) is 11.8. The molecule has 1 aliphatic carbocycles. The van der Waals surface area contributed by atoms with Crippen molar-refractivity contribution in [1.29, 1.82) is 0 Å². The predicted octanol–water partition coefficient (Wildman–Crippen LogP) is 6.96. The Kier molecular flexibility index (Phi) is 6.12. The van der Waals surface area contributed by atoms with Crippen LogP contribution in [0.25, 0.3) is 11.0 Å². The Labute approximate surface area is 196 Å². The molecule has 0 radical (unpaired) electrons. The van der Waals surface area contributed by atoms with Crippen molar-refractivity contribution < 1.29 is 14.6 Å². The van der Waals surface area contributed by atoms with E-state index in [-0.39, 0.29) is 17.6 Å². The Bertz CT molecular complexity index is 1160. The Hall–Kier alpha value is -3.02. The molecule has 0 spiro atoms. The average molecular weight is 450 g/mol. The average Bonchev–Trinajstić information content (AvgIpc) is 3.03. The van der Waals surface area contributed by atoms with Gasteiger partial charge in [-0.25, -0.2) is 9.78 Å². The van der Waals surface area contributed by atoms with Gasteiger partial charge in [0.05, 0.1) is 22.7 Å². The molecule has 6 heteroatoms. The van der Waals surface area contributed by atoms with E-state index in [2.05, 4.69) is 30.7 Å². The fourth-order valence-corrected chi connectivity index (χ4v) is 5.44. The van der Waals surface area contributed by atoms with Crippen LogP contribution in [0.2, 0.25) is 0 Å². The van der Waals surface area contributed by atoms with E-state index in [9.17, 15) is 9.90 Å². The summed E-state index contributed by atoms with van der Waals surface area (Å²) in [7, 11) is 0. The van der Waals surface area contributed by atoms with Crippen LogP contribution in [0, 0.1) is 18.3 Å². The molecule has 1 aliphatic rings. The highest BCUT2D eigenvalue weighted by molar-refractivity contribution is 5.95. The molecule has 0 saturated heterocycles. The van der Waals surface area contributed by atoms with Crippen molar-refractivity contribution in [3.63, 3.8) is 0 Å². The number of nitrogens with zero attached hydrogens (tertiary/aromatic N) is 2. The van der Waals surface area contributed by atoms with Gasteiger partial charge in [-0.3, -0.25) is 0 Å². The van der Waals surface area contributed by atoms with Crippen molar-refractivity contribution in [1.82, 2.24) is 9.55 Å². The molecular formula is C27H35N3O3. The SMILES string of the molecule is Cc1cc2c(cc1C(=O)O)nc(Nc1ccc(OC(C)C)cc1)n2[C@H]1C[C@@H](C)CC(C)(C)C1. The van der Waals surface area contributed by atoms with Gasteiger partial charge in [-0.05, 0) is 93.3 Å². The molecule has 2 N–H and O–H groups in total. The van der Waals surface area contributed by atoms with E-state index >= 15 is 0 Å². The van der Waals surface area contributed by atoms with Gasteiger partial charge in [0, 0.05) is 11.7 Å². The van der Waals surface area contributed by atoms with Crippen LogP contribution < -0.4 is 10.1 Å². The standard InChI is InChI=1S/C27H35N3O3/c1-16(2)33-21-9-7-19(8-10-21)28-26-29-23-13-22(25(31)32)18(4)12-24(23)30(26)20-11-17(3)14-27(5,6)15-20/h7-10,12-13,16-17,20H,11,14-15H2,1-6H3,(H,28,29)(H,31,32)/t17-,20+/m1/s1. The van der Waals surface area contributed by atoms with E-state index in [4.69, 9.17) is 9.72 Å². The lowest BCUT2D eigenvalue weighted by Crippen LogP contribution is -2.29. The summed E-state index contributed by atoms with van der Waals surface area (Å²) >= 11 is 0.